The molecule has 2 nitrogen and oxygen atoms in total. The average Bonchev–Trinajstić information content (AvgIpc) is 2.35. The Balaban J connectivity index is 2.94. The number of anilines is 1. The van der Waals surface area contributed by atoms with Crippen molar-refractivity contribution in [1.29, 1.82) is 0 Å². The van der Waals surface area contributed by atoms with E-state index in [0.717, 1.165) is 5.39 Å². The van der Waals surface area contributed by atoms with Crippen molar-refractivity contribution in [3.63, 3.8) is 0 Å². The highest BCUT2D eigenvalue weighted by Crippen LogP contribution is 2.28. The zero-order valence-corrected chi connectivity index (χ0v) is 6.43. The molecule has 1 aromatic heterocycles. The predicted molar refractivity (Wildman–Crippen MR) is 45.6 cm³/mol. The topological polar surface area (TPSA) is 39.2 Å². The monoisotopic (exact) mass is 167 g/mol. The Morgan fingerprint density at radius 1 is 1.36 bits per heavy atom. The summed E-state index contributed by atoms with van der Waals surface area (Å²) < 4.78 is 5.12. The number of benzene rings is 1. The number of nitrogen functional groups attached to an aromatic ring is 1. The summed E-state index contributed by atoms with van der Waals surface area (Å²) in [4.78, 5) is 0. The molecule has 0 aliphatic carbocycles. The predicted octanol–water partition coefficient (Wildman–Crippen LogP) is 2.67. The van der Waals surface area contributed by atoms with Gasteiger partial charge in [0.15, 0.2) is 5.58 Å². The Bertz CT molecular complexity index is 394. The molecule has 0 radical (unpaired) electrons. The molecule has 0 atom stereocenters. The van der Waals surface area contributed by atoms with Crippen LogP contribution in [0, 0.1) is 0 Å². The SMILES string of the molecule is Nc1cccc2c(Cl)coc12. The van der Waals surface area contributed by atoms with Gasteiger partial charge in [-0.1, -0.05) is 17.7 Å². The molecule has 0 spiro atoms. The normalized spacial score (nSPS) is 10.6. The standard InChI is InChI=1S/C8H6ClNO/c9-6-4-11-8-5(6)2-1-3-7(8)10/h1-4H,10H2. The molecular weight excluding hydrogens is 162 g/mol. The number of nitrogens with two attached hydrogens (primary N) is 1. The van der Waals surface area contributed by atoms with E-state index in [9.17, 15) is 0 Å². The van der Waals surface area contributed by atoms with Crippen molar-refractivity contribution >= 4 is 28.3 Å². The zero-order valence-electron chi connectivity index (χ0n) is 5.67. The van der Waals surface area contributed by atoms with E-state index >= 15 is 0 Å². The Kier molecular flexibility index (Phi) is 1.29. The molecule has 11 heavy (non-hydrogen) atoms. The summed E-state index contributed by atoms with van der Waals surface area (Å²) in [5.74, 6) is 0. The summed E-state index contributed by atoms with van der Waals surface area (Å²) in [6.07, 6.45) is 1.49. The number of halogens is 1. The number of fused-ring (bicyclic) bond motifs is 1. The van der Waals surface area contributed by atoms with Crippen LogP contribution in [-0.2, 0) is 0 Å². The number of hydrogen-bond acceptors (Lipinski definition) is 2. The minimum atomic E-state index is 0.604. The summed E-state index contributed by atoms with van der Waals surface area (Å²) in [5, 5.41) is 1.47. The van der Waals surface area contributed by atoms with Crippen molar-refractivity contribution in [2.75, 3.05) is 5.73 Å². The quantitative estimate of drug-likeness (QED) is 0.613. The molecule has 0 fully saturated rings. The average molecular weight is 168 g/mol. The second-order valence-electron chi connectivity index (χ2n) is 2.31. The zero-order chi connectivity index (χ0) is 7.84. The second-order valence-corrected chi connectivity index (χ2v) is 2.71. The van der Waals surface area contributed by atoms with Crippen LogP contribution in [0.5, 0.6) is 0 Å². The fraction of sp³-hybridized carbons (Fsp3) is 0. The lowest BCUT2D eigenvalue weighted by Crippen LogP contribution is -1.82. The van der Waals surface area contributed by atoms with Crippen molar-refractivity contribution in [3.8, 4) is 0 Å². The molecule has 1 aromatic carbocycles. The molecule has 2 aromatic rings. The van der Waals surface area contributed by atoms with Crippen LogP contribution in [0.25, 0.3) is 11.0 Å². The van der Waals surface area contributed by atoms with Gasteiger partial charge in [-0.3, -0.25) is 0 Å². The van der Waals surface area contributed by atoms with Crippen molar-refractivity contribution in [1.82, 2.24) is 0 Å². The van der Waals surface area contributed by atoms with Crippen LogP contribution in [0.2, 0.25) is 5.02 Å². The van der Waals surface area contributed by atoms with E-state index in [1.807, 2.05) is 12.1 Å². The van der Waals surface area contributed by atoms with E-state index in [1.165, 1.54) is 6.26 Å². The summed E-state index contributed by atoms with van der Waals surface area (Å²) in [7, 11) is 0. The summed E-state index contributed by atoms with van der Waals surface area (Å²) in [6.45, 7) is 0. The van der Waals surface area contributed by atoms with Crippen LogP contribution < -0.4 is 5.73 Å². The minimum absolute atomic E-state index is 0.604. The lowest BCUT2D eigenvalue weighted by Gasteiger charge is -1.91. The maximum Gasteiger partial charge on any atom is 0.158 e. The van der Waals surface area contributed by atoms with Crippen molar-refractivity contribution in [2.45, 2.75) is 0 Å². The fourth-order valence-corrected chi connectivity index (χ4v) is 1.24. The van der Waals surface area contributed by atoms with Gasteiger partial charge in [-0.15, -0.1) is 0 Å². The summed E-state index contributed by atoms with van der Waals surface area (Å²) >= 11 is 5.80. The van der Waals surface area contributed by atoms with Crippen LogP contribution in [0.4, 0.5) is 5.69 Å². The Morgan fingerprint density at radius 3 is 2.91 bits per heavy atom. The van der Waals surface area contributed by atoms with E-state index in [0.29, 0.717) is 16.3 Å². The molecule has 2 rings (SSSR count). The molecule has 2 N–H and O–H groups in total. The molecule has 0 amide bonds. The van der Waals surface area contributed by atoms with E-state index < -0.39 is 0 Å². The first-order chi connectivity index (χ1) is 5.29. The maximum absolute atomic E-state index is 5.80. The number of rotatable bonds is 0. The minimum Gasteiger partial charge on any atom is -0.461 e. The molecule has 3 heteroatoms. The van der Waals surface area contributed by atoms with Gasteiger partial charge in [0.1, 0.15) is 6.26 Å². The van der Waals surface area contributed by atoms with Crippen LogP contribution in [0.3, 0.4) is 0 Å². The molecule has 0 aliphatic rings. The van der Waals surface area contributed by atoms with Gasteiger partial charge >= 0.3 is 0 Å². The van der Waals surface area contributed by atoms with Crippen LogP contribution in [0.15, 0.2) is 28.9 Å². The van der Waals surface area contributed by atoms with Crippen LogP contribution >= 0.6 is 11.6 Å². The highest BCUT2D eigenvalue weighted by atomic mass is 35.5. The molecular formula is C8H6ClNO. The number of hydrogen-bond donors (Lipinski definition) is 1. The smallest absolute Gasteiger partial charge is 0.158 e. The summed E-state index contributed by atoms with van der Waals surface area (Å²) in [6, 6.07) is 5.50. The molecule has 0 unspecified atom stereocenters. The van der Waals surface area contributed by atoms with Crippen molar-refractivity contribution in [2.24, 2.45) is 0 Å². The third kappa shape index (κ3) is 0.870. The first kappa shape index (κ1) is 6.55. The lowest BCUT2D eigenvalue weighted by molar-refractivity contribution is 0.617. The van der Waals surface area contributed by atoms with Gasteiger partial charge in [-0.2, -0.15) is 0 Å². The largest absolute Gasteiger partial charge is 0.461 e. The van der Waals surface area contributed by atoms with Gasteiger partial charge in [0, 0.05) is 5.39 Å². The highest BCUT2D eigenvalue weighted by molar-refractivity contribution is 6.35. The van der Waals surface area contributed by atoms with Gasteiger partial charge in [0.05, 0.1) is 10.7 Å². The third-order valence-electron chi connectivity index (χ3n) is 1.58. The Hall–Kier alpha value is -1.15. The molecule has 0 saturated carbocycles. The molecule has 56 valence electrons. The second kappa shape index (κ2) is 2.17. The lowest BCUT2D eigenvalue weighted by atomic mass is 10.2. The number of furan rings is 1. The third-order valence-corrected chi connectivity index (χ3v) is 1.88. The Labute approximate surface area is 68.6 Å². The van der Waals surface area contributed by atoms with Gasteiger partial charge in [0.25, 0.3) is 0 Å². The molecule has 0 saturated heterocycles. The fourth-order valence-electron chi connectivity index (χ4n) is 1.05. The highest BCUT2D eigenvalue weighted by Gasteiger charge is 2.04. The van der Waals surface area contributed by atoms with Crippen molar-refractivity contribution in [3.05, 3.63) is 29.5 Å². The van der Waals surface area contributed by atoms with Crippen molar-refractivity contribution < 1.29 is 4.42 Å². The van der Waals surface area contributed by atoms with E-state index in [4.69, 9.17) is 21.8 Å². The molecule has 0 aliphatic heterocycles. The van der Waals surface area contributed by atoms with Gasteiger partial charge in [-0.05, 0) is 12.1 Å². The first-order valence-corrected chi connectivity index (χ1v) is 3.58. The van der Waals surface area contributed by atoms with Crippen LogP contribution in [-0.4, -0.2) is 0 Å². The van der Waals surface area contributed by atoms with E-state index in [1.54, 1.807) is 6.07 Å². The maximum atomic E-state index is 5.80. The van der Waals surface area contributed by atoms with E-state index in [2.05, 4.69) is 0 Å². The molecule has 0 bridgehead atoms. The van der Waals surface area contributed by atoms with Gasteiger partial charge in [0.2, 0.25) is 0 Å². The first-order valence-electron chi connectivity index (χ1n) is 3.20. The Morgan fingerprint density at radius 2 is 2.18 bits per heavy atom. The van der Waals surface area contributed by atoms with Gasteiger partial charge < -0.3 is 10.2 Å². The molecule has 1 heterocycles. The summed E-state index contributed by atoms with van der Waals surface area (Å²) in [5.41, 5.74) is 6.90. The van der Waals surface area contributed by atoms with E-state index in [-0.39, 0.29) is 0 Å². The number of para-hydroxylation sites is 1. The van der Waals surface area contributed by atoms with Gasteiger partial charge in [-0.25, -0.2) is 0 Å². The van der Waals surface area contributed by atoms with Crippen LogP contribution in [0.1, 0.15) is 0 Å².